The fourth-order valence-corrected chi connectivity index (χ4v) is 2.92. The van der Waals surface area contributed by atoms with Gasteiger partial charge in [-0.25, -0.2) is 8.42 Å². The largest absolute Gasteiger partial charge is 0.402 e. The normalized spacial score (nSPS) is 12.4. The highest BCUT2D eigenvalue weighted by Crippen LogP contribution is 2.22. The van der Waals surface area contributed by atoms with Crippen molar-refractivity contribution in [3.8, 4) is 6.07 Å². The van der Waals surface area contributed by atoms with Gasteiger partial charge in [-0.1, -0.05) is 13.0 Å². The minimum absolute atomic E-state index is 0.0733. The third kappa shape index (κ3) is 3.94. The number of halogens is 3. The third-order valence-corrected chi connectivity index (χ3v) is 4.23. The van der Waals surface area contributed by atoms with Gasteiger partial charge in [-0.3, -0.25) is 0 Å². The van der Waals surface area contributed by atoms with Crippen molar-refractivity contribution in [1.82, 2.24) is 4.31 Å². The minimum atomic E-state index is -4.62. The van der Waals surface area contributed by atoms with E-state index in [4.69, 9.17) is 5.26 Å². The Morgan fingerprint density at radius 1 is 1.37 bits per heavy atom. The zero-order valence-electron chi connectivity index (χ0n) is 9.98. The Kier molecular flexibility index (Phi) is 4.55. The van der Waals surface area contributed by atoms with Crippen LogP contribution in [-0.2, 0) is 10.0 Å². The summed E-state index contributed by atoms with van der Waals surface area (Å²) < 4.78 is 61.4. The lowest BCUT2D eigenvalue weighted by molar-refractivity contribution is -0.135. The molecule has 4 nitrogen and oxygen atoms in total. The average molecular weight is 292 g/mol. The van der Waals surface area contributed by atoms with Crippen LogP contribution >= 0.6 is 0 Å². The molecule has 1 aromatic carbocycles. The van der Waals surface area contributed by atoms with E-state index in [2.05, 4.69) is 0 Å². The number of rotatable bonds is 4. The summed E-state index contributed by atoms with van der Waals surface area (Å²) in [5.41, 5.74) is 0.0733. The first-order valence-electron chi connectivity index (χ1n) is 5.28. The smallest absolute Gasteiger partial charge is 0.207 e. The van der Waals surface area contributed by atoms with E-state index in [9.17, 15) is 21.6 Å². The van der Waals surface area contributed by atoms with Gasteiger partial charge in [-0.15, -0.1) is 0 Å². The van der Waals surface area contributed by atoms with Crippen LogP contribution in [-0.4, -0.2) is 32.0 Å². The molecule has 0 aliphatic carbocycles. The number of alkyl halides is 3. The molecule has 0 atom stereocenters. The van der Waals surface area contributed by atoms with Crippen LogP contribution in [0.4, 0.5) is 13.2 Å². The minimum Gasteiger partial charge on any atom is -0.207 e. The predicted octanol–water partition coefficient (Wildman–Crippen LogP) is 2.13. The lowest BCUT2D eigenvalue weighted by Crippen LogP contribution is -2.38. The molecule has 0 saturated heterocycles. The van der Waals surface area contributed by atoms with Gasteiger partial charge in [-0.2, -0.15) is 22.7 Å². The van der Waals surface area contributed by atoms with Gasteiger partial charge in [0.1, 0.15) is 6.54 Å². The molecule has 0 bridgehead atoms. The van der Waals surface area contributed by atoms with E-state index >= 15 is 0 Å². The molecule has 0 amide bonds. The molecule has 1 rings (SSSR count). The fourth-order valence-electron chi connectivity index (χ4n) is 1.44. The Hall–Kier alpha value is -1.59. The van der Waals surface area contributed by atoms with Gasteiger partial charge in [0.05, 0.1) is 16.5 Å². The molecule has 8 heteroatoms. The van der Waals surface area contributed by atoms with Crippen molar-refractivity contribution in [2.75, 3.05) is 13.1 Å². The summed E-state index contributed by atoms with van der Waals surface area (Å²) >= 11 is 0. The monoisotopic (exact) mass is 292 g/mol. The first kappa shape index (κ1) is 15.5. The van der Waals surface area contributed by atoms with Gasteiger partial charge < -0.3 is 0 Å². The topological polar surface area (TPSA) is 61.2 Å². The standard InChI is InChI=1S/C11H11F3N2O2S/c1-2-16(8-11(12,13)14)19(17,18)10-5-3-4-9(6-10)7-15/h3-6H,2,8H2,1H3. The molecule has 19 heavy (non-hydrogen) atoms. The second-order valence-electron chi connectivity index (χ2n) is 3.69. The Morgan fingerprint density at radius 3 is 2.47 bits per heavy atom. The van der Waals surface area contributed by atoms with E-state index in [-0.39, 0.29) is 17.0 Å². The SMILES string of the molecule is CCN(CC(F)(F)F)S(=O)(=O)c1cccc(C#N)c1. The molecule has 0 unspecified atom stereocenters. The van der Waals surface area contributed by atoms with Crippen LogP contribution in [0.15, 0.2) is 29.2 Å². The summed E-state index contributed by atoms with van der Waals surface area (Å²) in [7, 11) is -4.25. The van der Waals surface area contributed by atoms with Gasteiger partial charge in [0.25, 0.3) is 0 Å². The fraction of sp³-hybridized carbons (Fsp3) is 0.364. The zero-order valence-corrected chi connectivity index (χ0v) is 10.8. The van der Waals surface area contributed by atoms with E-state index in [1.165, 1.54) is 19.1 Å². The summed E-state index contributed by atoms with van der Waals surface area (Å²) in [6.07, 6.45) is -4.62. The molecule has 1 aromatic rings. The molecular formula is C11H11F3N2O2S. The number of hydrogen-bond donors (Lipinski definition) is 0. The molecule has 0 aliphatic rings. The van der Waals surface area contributed by atoms with E-state index < -0.39 is 22.7 Å². The lowest BCUT2D eigenvalue weighted by atomic mass is 10.2. The van der Waals surface area contributed by atoms with E-state index in [1.807, 2.05) is 0 Å². The maximum atomic E-state index is 12.3. The second kappa shape index (κ2) is 5.59. The molecule has 0 saturated carbocycles. The average Bonchev–Trinajstić information content (AvgIpc) is 2.34. The highest BCUT2D eigenvalue weighted by Gasteiger charge is 2.36. The van der Waals surface area contributed by atoms with Crippen LogP contribution in [0.3, 0.4) is 0 Å². The molecule has 0 fully saturated rings. The first-order chi connectivity index (χ1) is 8.70. The first-order valence-corrected chi connectivity index (χ1v) is 6.72. The van der Waals surface area contributed by atoms with Gasteiger partial charge in [0, 0.05) is 6.54 Å². The van der Waals surface area contributed by atoms with E-state index in [0.29, 0.717) is 4.31 Å². The Labute approximate surface area is 109 Å². The number of sulfonamides is 1. The molecular weight excluding hydrogens is 281 g/mol. The lowest BCUT2D eigenvalue weighted by Gasteiger charge is -2.21. The third-order valence-electron chi connectivity index (χ3n) is 2.31. The highest BCUT2D eigenvalue weighted by molar-refractivity contribution is 7.89. The highest BCUT2D eigenvalue weighted by atomic mass is 32.2. The number of hydrogen-bond acceptors (Lipinski definition) is 3. The van der Waals surface area contributed by atoms with Gasteiger partial charge in [-0.05, 0) is 18.2 Å². The molecule has 0 heterocycles. The van der Waals surface area contributed by atoms with Crippen LogP contribution in [0.2, 0.25) is 0 Å². The van der Waals surface area contributed by atoms with Crippen molar-refractivity contribution < 1.29 is 21.6 Å². The van der Waals surface area contributed by atoms with E-state index in [1.54, 1.807) is 6.07 Å². The van der Waals surface area contributed by atoms with Gasteiger partial charge >= 0.3 is 6.18 Å². The van der Waals surface area contributed by atoms with Crippen LogP contribution in [0.1, 0.15) is 12.5 Å². The van der Waals surface area contributed by atoms with E-state index in [0.717, 1.165) is 12.1 Å². The van der Waals surface area contributed by atoms with Gasteiger partial charge in [0.2, 0.25) is 10.0 Å². The summed E-state index contributed by atoms with van der Waals surface area (Å²) in [6, 6.07) is 6.64. The molecule has 0 aromatic heterocycles. The summed E-state index contributed by atoms with van der Waals surface area (Å²) in [6.45, 7) is -0.543. The number of nitrogens with zero attached hydrogens (tertiary/aromatic N) is 2. The van der Waals surface area contributed by atoms with Crippen LogP contribution in [0, 0.1) is 11.3 Å². The van der Waals surface area contributed by atoms with Crippen molar-refractivity contribution in [3.05, 3.63) is 29.8 Å². The summed E-state index contributed by atoms with van der Waals surface area (Å²) in [5.74, 6) is 0. The van der Waals surface area contributed by atoms with Crippen LogP contribution in [0.5, 0.6) is 0 Å². The molecule has 0 radical (unpaired) electrons. The van der Waals surface area contributed by atoms with Crippen molar-refractivity contribution in [1.29, 1.82) is 5.26 Å². The number of nitriles is 1. The summed E-state index contributed by atoms with van der Waals surface area (Å²) in [4.78, 5) is -0.322. The Balaban J connectivity index is 3.17. The molecule has 0 aliphatic heterocycles. The van der Waals surface area contributed by atoms with Crippen LogP contribution < -0.4 is 0 Å². The van der Waals surface area contributed by atoms with Crippen molar-refractivity contribution in [2.45, 2.75) is 18.0 Å². The molecule has 0 N–H and O–H groups in total. The quantitative estimate of drug-likeness (QED) is 0.854. The maximum Gasteiger partial charge on any atom is 0.402 e. The van der Waals surface area contributed by atoms with Gasteiger partial charge in [0.15, 0.2) is 0 Å². The molecule has 0 spiro atoms. The molecule has 104 valence electrons. The van der Waals surface area contributed by atoms with Crippen molar-refractivity contribution in [3.63, 3.8) is 0 Å². The number of benzene rings is 1. The Morgan fingerprint density at radius 2 is 2.00 bits per heavy atom. The maximum absolute atomic E-state index is 12.3. The predicted molar refractivity (Wildman–Crippen MR) is 61.6 cm³/mol. The Bertz CT molecular complexity index is 591. The zero-order chi connectivity index (χ0) is 14.7. The van der Waals surface area contributed by atoms with Crippen molar-refractivity contribution in [2.24, 2.45) is 0 Å². The summed E-state index contributed by atoms with van der Waals surface area (Å²) in [5, 5.41) is 8.67. The second-order valence-corrected chi connectivity index (χ2v) is 5.62. The van der Waals surface area contributed by atoms with Crippen molar-refractivity contribution >= 4 is 10.0 Å². The van der Waals surface area contributed by atoms with Crippen LogP contribution in [0.25, 0.3) is 0 Å².